The zero-order valence-corrected chi connectivity index (χ0v) is 9.74. The summed E-state index contributed by atoms with van der Waals surface area (Å²) >= 11 is 0. The van der Waals surface area contributed by atoms with E-state index in [4.69, 9.17) is 5.73 Å². The molecule has 98 valence electrons. The molecule has 0 aliphatic carbocycles. The molecule has 0 radical (unpaired) electrons. The highest BCUT2D eigenvalue weighted by atomic mass is 16.6. The van der Waals surface area contributed by atoms with Gasteiger partial charge in [-0.05, 0) is 12.5 Å². The van der Waals surface area contributed by atoms with Gasteiger partial charge in [-0.25, -0.2) is 0 Å². The summed E-state index contributed by atoms with van der Waals surface area (Å²) in [6.07, 6.45) is -3.46. The smallest absolute Gasteiger partial charge is 0.275 e. The summed E-state index contributed by atoms with van der Waals surface area (Å²) in [5.41, 5.74) is 5.06. The molecule has 0 aliphatic heterocycles. The largest absolute Gasteiger partial charge is 0.390 e. The number of carbonyl (C=O) groups is 1. The molecule has 2 atom stereocenters. The summed E-state index contributed by atoms with van der Waals surface area (Å²) in [5, 5.41) is 30.3. The summed E-state index contributed by atoms with van der Waals surface area (Å²) in [7, 11) is 0. The third-order valence-corrected chi connectivity index (χ3v) is 2.57. The maximum absolute atomic E-state index is 10.8. The molecular formula is C11H14N2O5. The fraction of sp³-hybridized carbons (Fsp3) is 0.364. The first-order chi connectivity index (χ1) is 8.34. The van der Waals surface area contributed by atoms with Crippen molar-refractivity contribution in [1.82, 2.24) is 0 Å². The van der Waals surface area contributed by atoms with Crippen LogP contribution >= 0.6 is 0 Å². The summed E-state index contributed by atoms with van der Waals surface area (Å²) in [6, 6.07) is 4.27. The number of carbonyl (C=O) groups excluding carboxylic acids is 1. The van der Waals surface area contributed by atoms with Crippen molar-refractivity contribution in [3.8, 4) is 0 Å². The molecule has 1 amide bonds. The molecule has 7 heteroatoms. The van der Waals surface area contributed by atoms with Crippen molar-refractivity contribution in [2.45, 2.75) is 25.6 Å². The molecule has 7 nitrogen and oxygen atoms in total. The topological polar surface area (TPSA) is 127 Å². The van der Waals surface area contributed by atoms with Gasteiger partial charge in [0.15, 0.2) is 0 Å². The van der Waals surface area contributed by atoms with Gasteiger partial charge in [-0.2, -0.15) is 0 Å². The molecule has 18 heavy (non-hydrogen) atoms. The fourth-order valence-electron chi connectivity index (χ4n) is 1.72. The lowest BCUT2D eigenvalue weighted by atomic mass is 9.96. The average Bonchev–Trinajstić information content (AvgIpc) is 2.26. The van der Waals surface area contributed by atoms with Crippen molar-refractivity contribution < 1.29 is 19.9 Å². The molecule has 4 N–H and O–H groups in total. The van der Waals surface area contributed by atoms with Crippen LogP contribution in [-0.2, 0) is 4.79 Å². The maximum atomic E-state index is 10.8. The van der Waals surface area contributed by atoms with E-state index in [0.717, 1.165) is 0 Å². The van der Waals surface area contributed by atoms with Crippen LogP contribution in [0.15, 0.2) is 18.2 Å². The maximum Gasteiger partial charge on any atom is 0.275 e. The number of hydrogen-bond acceptors (Lipinski definition) is 5. The van der Waals surface area contributed by atoms with Crippen LogP contribution in [0.1, 0.15) is 23.7 Å². The predicted octanol–water partition coefficient (Wildman–Crippen LogP) is 0.173. The Kier molecular flexibility index (Phi) is 4.35. The van der Waals surface area contributed by atoms with Crippen LogP contribution in [0.4, 0.5) is 5.69 Å². The number of nitrogens with zero attached hydrogens (tertiary/aromatic N) is 1. The summed E-state index contributed by atoms with van der Waals surface area (Å²) in [4.78, 5) is 20.9. The molecule has 1 aromatic rings. The normalized spacial score (nSPS) is 13.9. The lowest BCUT2D eigenvalue weighted by Gasteiger charge is -2.18. The lowest BCUT2D eigenvalue weighted by Crippen LogP contribution is -2.26. The minimum atomic E-state index is -1.53. The number of primary amides is 1. The van der Waals surface area contributed by atoms with Gasteiger partial charge in [-0.3, -0.25) is 14.9 Å². The van der Waals surface area contributed by atoms with Crippen molar-refractivity contribution in [1.29, 1.82) is 0 Å². The van der Waals surface area contributed by atoms with Gasteiger partial charge in [0.1, 0.15) is 6.10 Å². The number of aliphatic hydroxyl groups excluding tert-OH is 2. The van der Waals surface area contributed by atoms with E-state index in [9.17, 15) is 25.1 Å². The number of aliphatic hydroxyl groups is 2. The highest BCUT2D eigenvalue weighted by Crippen LogP contribution is 2.30. The number of nitro benzene ring substituents is 1. The van der Waals surface area contributed by atoms with Crippen molar-refractivity contribution in [3.63, 3.8) is 0 Å². The Labute approximate surface area is 103 Å². The lowest BCUT2D eigenvalue weighted by molar-refractivity contribution is -0.386. The van der Waals surface area contributed by atoms with Crippen molar-refractivity contribution in [3.05, 3.63) is 39.4 Å². The Morgan fingerprint density at radius 1 is 1.50 bits per heavy atom. The van der Waals surface area contributed by atoms with Gasteiger partial charge in [0.05, 0.1) is 23.0 Å². The number of amides is 1. The van der Waals surface area contributed by atoms with Crippen molar-refractivity contribution in [2.24, 2.45) is 5.73 Å². The van der Waals surface area contributed by atoms with Crippen LogP contribution in [0.5, 0.6) is 0 Å². The van der Waals surface area contributed by atoms with E-state index < -0.39 is 29.5 Å². The molecule has 0 saturated carbocycles. The number of nitro groups is 1. The van der Waals surface area contributed by atoms with Gasteiger partial charge in [-0.1, -0.05) is 12.1 Å². The average molecular weight is 254 g/mol. The van der Waals surface area contributed by atoms with Crippen molar-refractivity contribution in [2.75, 3.05) is 0 Å². The summed E-state index contributed by atoms with van der Waals surface area (Å²) in [5.74, 6) is -0.794. The molecule has 1 aromatic carbocycles. The molecule has 2 unspecified atom stereocenters. The van der Waals surface area contributed by atoms with Gasteiger partial charge in [0.25, 0.3) is 5.69 Å². The molecule has 0 heterocycles. The zero-order chi connectivity index (χ0) is 13.9. The second-order valence-corrected chi connectivity index (χ2v) is 3.95. The molecule has 0 bridgehead atoms. The number of hydrogen-bond donors (Lipinski definition) is 3. The molecule has 0 spiro atoms. The minimum Gasteiger partial charge on any atom is -0.390 e. The number of rotatable bonds is 5. The number of aryl methyl sites for hydroxylation is 1. The van der Waals surface area contributed by atoms with Gasteiger partial charge in [0, 0.05) is 6.07 Å². The van der Waals surface area contributed by atoms with E-state index in [0.29, 0.717) is 5.56 Å². The van der Waals surface area contributed by atoms with E-state index >= 15 is 0 Å². The van der Waals surface area contributed by atoms with Crippen LogP contribution in [0, 0.1) is 17.0 Å². The van der Waals surface area contributed by atoms with Crippen LogP contribution in [0.3, 0.4) is 0 Å². The zero-order valence-electron chi connectivity index (χ0n) is 9.74. The second-order valence-electron chi connectivity index (χ2n) is 3.95. The van der Waals surface area contributed by atoms with E-state index in [1.807, 2.05) is 0 Å². The monoisotopic (exact) mass is 254 g/mol. The van der Waals surface area contributed by atoms with Gasteiger partial charge < -0.3 is 15.9 Å². The first-order valence-corrected chi connectivity index (χ1v) is 5.23. The number of nitrogens with two attached hydrogens (primary N) is 1. The van der Waals surface area contributed by atoms with E-state index in [-0.39, 0.29) is 11.3 Å². The van der Waals surface area contributed by atoms with E-state index in [1.165, 1.54) is 12.1 Å². The Morgan fingerprint density at radius 3 is 2.61 bits per heavy atom. The predicted molar refractivity (Wildman–Crippen MR) is 62.6 cm³/mol. The third-order valence-electron chi connectivity index (χ3n) is 2.57. The molecule has 0 fully saturated rings. The van der Waals surface area contributed by atoms with Crippen LogP contribution in [-0.4, -0.2) is 27.1 Å². The summed E-state index contributed by atoms with van der Waals surface area (Å²) in [6.45, 7) is 1.57. The third kappa shape index (κ3) is 3.02. The van der Waals surface area contributed by atoms with Gasteiger partial charge in [-0.15, -0.1) is 0 Å². The minimum absolute atomic E-state index is 0.00347. The number of benzene rings is 1. The second kappa shape index (κ2) is 5.56. The molecule has 1 rings (SSSR count). The Bertz CT molecular complexity index is 475. The first kappa shape index (κ1) is 14.1. The van der Waals surface area contributed by atoms with Gasteiger partial charge in [0.2, 0.25) is 5.91 Å². The molecule has 0 saturated heterocycles. The molecular weight excluding hydrogens is 240 g/mol. The van der Waals surface area contributed by atoms with Crippen molar-refractivity contribution >= 4 is 11.6 Å². The highest BCUT2D eigenvalue weighted by molar-refractivity contribution is 5.74. The van der Waals surface area contributed by atoms with E-state index in [1.54, 1.807) is 13.0 Å². The van der Waals surface area contributed by atoms with Crippen LogP contribution in [0.2, 0.25) is 0 Å². The Hall–Kier alpha value is -1.99. The Morgan fingerprint density at radius 2 is 2.11 bits per heavy atom. The SMILES string of the molecule is Cc1cccc([N+](=O)[O-])c1C(O)C(O)CC(N)=O. The van der Waals surface area contributed by atoms with Gasteiger partial charge >= 0.3 is 0 Å². The molecule has 0 aromatic heterocycles. The Balaban J connectivity index is 3.15. The fourth-order valence-corrected chi connectivity index (χ4v) is 1.72. The quantitative estimate of drug-likeness (QED) is 0.510. The highest BCUT2D eigenvalue weighted by Gasteiger charge is 2.28. The van der Waals surface area contributed by atoms with Crippen LogP contribution < -0.4 is 5.73 Å². The molecule has 0 aliphatic rings. The van der Waals surface area contributed by atoms with E-state index in [2.05, 4.69) is 0 Å². The summed E-state index contributed by atoms with van der Waals surface area (Å²) < 4.78 is 0. The first-order valence-electron chi connectivity index (χ1n) is 5.23. The standard InChI is InChI=1S/C11H14N2O5/c1-6-3-2-4-7(13(17)18)10(6)11(16)8(14)5-9(12)15/h2-4,8,11,14,16H,5H2,1H3,(H2,12,15). The van der Waals surface area contributed by atoms with Crippen LogP contribution in [0.25, 0.3) is 0 Å².